The van der Waals surface area contributed by atoms with Crippen molar-refractivity contribution in [3.05, 3.63) is 23.4 Å². The molecule has 6 heteroatoms. The quantitative estimate of drug-likeness (QED) is 0.882. The lowest BCUT2D eigenvalue weighted by molar-refractivity contribution is 0.359. The van der Waals surface area contributed by atoms with Gasteiger partial charge in [-0.05, 0) is 12.1 Å². The molecule has 1 N–H and O–H groups in total. The second-order valence-electron chi connectivity index (χ2n) is 2.83. The molecule has 2 heterocycles. The molecule has 82 valence electrons. The van der Waals surface area contributed by atoms with Gasteiger partial charge >= 0.3 is 0 Å². The number of aliphatic imine (C=N–C) groups is 1. The number of rotatable bonds is 3. The van der Waals surface area contributed by atoms with Gasteiger partial charge in [0.25, 0.3) is 0 Å². The van der Waals surface area contributed by atoms with Crippen molar-refractivity contribution in [1.82, 2.24) is 10.3 Å². The molecule has 2 rings (SSSR count). The molecule has 15 heavy (non-hydrogen) atoms. The third-order valence-electron chi connectivity index (χ3n) is 1.81. The van der Waals surface area contributed by atoms with Crippen LogP contribution in [0.2, 0.25) is 5.02 Å². The van der Waals surface area contributed by atoms with Crippen molar-refractivity contribution in [3.63, 3.8) is 0 Å². The van der Waals surface area contributed by atoms with Crippen LogP contribution in [0.15, 0.2) is 23.3 Å². The molecule has 0 radical (unpaired) electrons. The van der Waals surface area contributed by atoms with Gasteiger partial charge in [0.2, 0.25) is 5.88 Å². The molecule has 1 aromatic heterocycles. The van der Waals surface area contributed by atoms with Gasteiger partial charge in [-0.25, -0.2) is 4.98 Å². The molecule has 0 aromatic carbocycles. The molecule has 0 atom stereocenters. The summed E-state index contributed by atoms with van der Waals surface area (Å²) in [5.41, 5.74) is 0. The Bertz CT molecular complexity index is 357. The molecule has 1 aromatic rings. The zero-order chi connectivity index (χ0) is 9.80. The second-order valence-corrected chi connectivity index (χ2v) is 3.24. The standard InChI is InChI=1S/C9H10ClN3O.ClH/c10-7-2-1-3-13-9(7)14-6-8-11-4-5-12-8;/h1-3H,4-6H2,(H,11,12);1H. The number of pyridine rings is 1. The van der Waals surface area contributed by atoms with Crippen molar-refractivity contribution in [3.8, 4) is 5.88 Å². The van der Waals surface area contributed by atoms with Crippen molar-refractivity contribution in [2.75, 3.05) is 19.7 Å². The van der Waals surface area contributed by atoms with Gasteiger partial charge in [0.1, 0.15) is 17.5 Å². The van der Waals surface area contributed by atoms with E-state index in [0.717, 1.165) is 18.9 Å². The third kappa shape index (κ3) is 3.25. The molecule has 0 aliphatic carbocycles. The Kier molecular flexibility index (Phi) is 4.65. The Hall–Kier alpha value is -1.00. The molecule has 1 aliphatic rings. The molecular weight excluding hydrogens is 237 g/mol. The van der Waals surface area contributed by atoms with E-state index in [1.165, 1.54) is 0 Å². The maximum atomic E-state index is 5.86. The highest BCUT2D eigenvalue weighted by Gasteiger charge is 2.07. The molecule has 1 aliphatic heterocycles. The number of nitrogens with zero attached hydrogens (tertiary/aromatic N) is 2. The fourth-order valence-corrected chi connectivity index (χ4v) is 1.33. The van der Waals surface area contributed by atoms with Gasteiger partial charge in [-0.3, -0.25) is 4.99 Å². The Morgan fingerprint density at radius 3 is 3.07 bits per heavy atom. The van der Waals surface area contributed by atoms with Crippen LogP contribution in [0.5, 0.6) is 5.88 Å². The van der Waals surface area contributed by atoms with Gasteiger partial charge in [0, 0.05) is 12.7 Å². The summed E-state index contributed by atoms with van der Waals surface area (Å²) in [5.74, 6) is 1.30. The fraction of sp³-hybridized carbons (Fsp3) is 0.333. The van der Waals surface area contributed by atoms with E-state index in [2.05, 4.69) is 15.3 Å². The molecule has 0 spiro atoms. The van der Waals surface area contributed by atoms with Crippen LogP contribution in [0.25, 0.3) is 0 Å². The summed E-state index contributed by atoms with van der Waals surface area (Å²) in [6.45, 7) is 2.10. The van der Waals surface area contributed by atoms with E-state index in [1.54, 1.807) is 18.3 Å². The first-order valence-corrected chi connectivity index (χ1v) is 4.74. The first-order chi connectivity index (χ1) is 6.86. The first kappa shape index (κ1) is 12.1. The van der Waals surface area contributed by atoms with E-state index in [1.807, 2.05) is 0 Å². The summed E-state index contributed by atoms with van der Waals surface area (Å²) in [7, 11) is 0. The van der Waals surface area contributed by atoms with Crippen molar-refractivity contribution >= 4 is 29.8 Å². The number of halogens is 2. The summed E-state index contributed by atoms with van der Waals surface area (Å²) in [6, 6.07) is 3.51. The van der Waals surface area contributed by atoms with E-state index in [0.29, 0.717) is 17.5 Å². The lowest BCUT2D eigenvalue weighted by Gasteiger charge is -2.06. The molecule has 0 amide bonds. The predicted molar refractivity (Wildman–Crippen MR) is 62.3 cm³/mol. The lowest BCUT2D eigenvalue weighted by Crippen LogP contribution is -2.25. The summed E-state index contributed by atoms with van der Waals surface area (Å²) in [6.07, 6.45) is 1.64. The smallest absolute Gasteiger partial charge is 0.232 e. The maximum absolute atomic E-state index is 5.86. The largest absolute Gasteiger partial charge is 0.468 e. The minimum Gasteiger partial charge on any atom is -0.468 e. The van der Waals surface area contributed by atoms with Gasteiger partial charge in [0.15, 0.2) is 0 Å². The number of nitrogens with one attached hydrogen (secondary N) is 1. The van der Waals surface area contributed by atoms with Gasteiger partial charge < -0.3 is 10.1 Å². The fourth-order valence-electron chi connectivity index (χ4n) is 1.16. The van der Waals surface area contributed by atoms with E-state index in [4.69, 9.17) is 16.3 Å². The van der Waals surface area contributed by atoms with E-state index < -0.39 is 0 Å². The van der Waals surface area contributed by atoms with Gasteiger partial charge in [-0.15, -0.1) is 12.4 Å². The molecule has 0 fully saturated rings. The highest BCUT2D eigenvalue weighted by atomic mass is 35.5. The Morgan fingerprint density at radius 2 is 2.40 bits per heavy atom. The number of amidine groups is 1. The van der Waals surface area contributed by atoms with Crippen LogP contribution in [0.3, 0.4) is 0 Å². The van der Waals surface area contributed by atoms with Crippen molar-refractivity contribution in [2.24, 2.45) is 4.99 Å². The molecule has 4 nitrogen and oxygen atoms in total. The molecule has 0 saturated carbocycles. The monoisotopic (exact) mass is 247 g/mol. The van der Waals surface area contributed by atoms with E-state index in [9.17, 15) is 0 Å². The number of ether oxygens (including phenoxy) is 1. The topological polar surface area (TPSA) is 46.5 Å². The van der Waals surface area contributed by atoms with Crippen molar-refractivity contribution < 1.29 is 4.74 Å². The first-order valence-electron chi connectivity index (χ1n) is 4.37. The number of hydrogen-bond donors (Lipinski definition) is 1. The third-order valence-corrected chi connectivity index (χ3v) is 2.10. The summed E-state index contributed by atoms with van der Waals surface area (Å²) >= 11 is 5.86. The Balaban J connectivity index is 0.00000112. The summed E-state index contributed by atoms with van der Waals surface area (Å²) in [5, 5.41) is 3.62. The number of hydrogen-bond acceptors (Lipinski definition) is 4. The number of aromatic nitrogens is 1. The second kappa shape index (κ2) is 5.78. The van der Waals surface area contributed by atoms with Crippen LogP contribution in [-0.2, 0) is 0 Å². The van der Waals surface area contributed by atoms with Gasteiger partial charge in [0.05, 0.1) is 6.54 Å². The molecule has 0 saturated heterocycles. The normalized spacial score (nSPS) is 13.8. The molecule has 0 unspecified atom stereocenters. The van der Waals surface area contributed by atoms with E-state index in [-0.39, 0.29) is 12.4 Å². The van der Waals surface area contributed by atoms with Crippen LogP contribution in [0.4, 0.5) is 0 Å². The zero-order valence-electron chi connectivity index (χ0n) is 7.94. The van der Waals surface area contributed by atoms with Crippen molar-refractivity contribution in [2.45, 2.75) is 0 Å². The molecular formula is C9H11Cl2N3O. The summed E-state index contributed by atoms with van der Waals surface area (Å²) < 4.78 is 5.38. The van der Waals surface area contributed by atoms with Crippen LogP contribution in [0.1, 0.15) is 0 Å². The SMILES string of the molecule is Cl.Clc1cccnc1OCC1=NCCN1. The average Bonchev–Trinajstić information content (AvgIpc) is 2.69. The highest BCUT2D eigenvalue weighted by molar-refractivity contribution is 6.31. The Labute approximate surface area is 99.1 Å². The summed E-state index contributed by atoms with van der Waals surface area (Å²) in [4.78, 5) is 8.19. The molecule has 0 bridgehead atoms. The maximum Gasteiger partial charge on any atom is 0.232 e. The predicted octanol–water partition coefficient (Wildman–Crippen LogP) is 1.54. The van der Waals surface area contributed by atoms with Crippen LogP contribution in [-0.4, -0.2) is 30.5 Å². The van der Waals surface area contributed by atoms with Crippen LogP contribution >= 0.6 is 24.0 Å². The lowest BCUT2D eigenvalue weighted by atomic mass is 10.5. The minimum atomic E-state index is 0. The Morgan fingerprint density at radius 1 is 1.53 bits per heavy atom. The van der Waals surface area contributed by atoms with E-state index >= 15 is 0 Å². The minimum absolute atomic E-state index is 0. The van der Waals surface area contributed by atoms with Gasteiger partial charge in [-0.1, -0.05) is 11.6 Å². The van der Waals surface area contributed by atoms with Gasteiger partial charge in [-0.2, -0.15) is 0 Å². The van der Waals surface area contributed by atoms with Crippen LogP contribution in [0, 0.1) is 0 Å². The highest BCUT2D eigenvalue weighted by Crippen LogP contribution is 2.19. The van der Waals surface area contributed by atoms with Crippen LogP contribution < -0.4 is 10.1 Å². The zero-order valence-corrected chi connectivity index (χ0v) is 9.51. The van der Waals surface area contributed by atoms with Crippen molar-refractivity contribution in [1.29, 1.82) is 0 Å². The average molecular weight is 248 g/mol.